The number of urea groups is 1. The molecule has 33 heavy (non-hydrogen) atoms. The molecule has 4 rings (SSSR count). The molecule has 1 aromatic carbocycles. The van der Waals surface area contributed by atoms with Crippen LogP contribution in [0.25, 0.3) is 11.0 Å². The van der Waals surface area contributed by atoms with Crippen LogP contribution >= 0.6 is 0 Å². The zero-order valence-corrected chi connectivity index (χ0v) is 18.8. The van der Waals surface area contributed by atoms with Crippen molar-refractivity contribution in [3.05, 3.63) is 30.0 Å². The summed E-state index contributed by atoms with van der Waals surface area (Å²) < 4.78 is 5.59. The molecular formula is C23H30N6O4. The van der Waals surface area contributed by atoms with Gasteiger partial charge in [0.25, 0.3) is 0 Å². The van der Waals surface area contributed by atoms with Crippen LogP contribution in [0.1, 0.15) is 37.9 Å². The molecule has 0 spiro atoms. The molecule has 176 valence electrons. The molecule has 2 aliphatic heterocycles. The number of benzene rings is 1. The van der Waals surface area contributed by atoms with Gasteiger partial charge in [-0.2, -0.15) is 0 Å². The maximum atomic E-state index is 13.2. The normalized spacial score (nSPS) is 19.6. The maximum Gasteiger partial charge on any atom is 0.318 e. The third-order valence-corrected chi connectivity index (χ3v) is 5.97. The van der Waals surface area contributed by atoms with Crippen LogP contribution in [0.15, 0.2) is 33.7 Å². The molecular weight excluding hydrogens is 424 g/mol. The lowest BCUT2D eigenvalue weighted by atomic mass is 10.1. The topological polar surface area (TPSA) is 133 Å². The predicted molar refractivity (Wildman–Crippen MR) is 125 cm³/mol. The molecule has 0 aliphatic carbocycles. The number of anilines is 1. The molecule has 1 aromatic heterocycles. The Morgan fingerprint density at radius 3 is 2.67 bits per heavy atom. The standard InChI is InChI=1S/C23H30N6O4/c1-15-12-16-13-17(7-8-19(16)33-15)25-23(27-22(24)32)26-18-6-2-3-11-29(21(18)31)14-20(30)28-9-4-5-10-28/h7-8,12-13,18H,2-6,9-11,14H2,1H3,(H4,24,25,26,27,32)/t18-/m0/s1. The van der Waals surface area contributed by atoms with Gasteiger partial charge in [0.1, 0.15) is 17.4 Å². The van der Waals surface area contributed by atoms with E-state index in [-0.39, 0.29) is 24.3 Å². The molecule has 4 amide bonds. The zero-order valence-electron chi connectivity index (χ0n) is 18.8. The zero-order chi connectivity index (χ0) is 23.4. The Morgan fingerprint density at radius 2 is 1.91 bits per heavy atom. The summed E-state index contributed by atoms with van der Waals surface area (Å²) in [5.41, 5.74) is 6.75. The second-order valence-electron chi connectivity index (χ2n) is 8.56. The van der Waals surface area contributed by atoms with Gasteiger partial charge in [-0.3, -0.25) is 14.9 Å². The van der Waals surface area contributed by atoms with Crippen molar-refractivity contribution in [2.45, 2.75) is 45.1 Å². The fourth-order valence-electron chi connectivity index (χ4n) is 4.35. The molecule has 1 atom stereocenters. The Labute approximate surface area is 192 Å². The summed E-state index contributed by atoms with van der Waals surface area (Å²) in [4.78, 5) is 45.3. The maximum absolute atomic E-state index is 13.2. The Balaban J connectivity index is 1.52. The van der Waals surface area contributed by atoms with Gasteiger partial charge in [0, 0.05) is 30.7 Å². The second kappa shape index (κ2) is 9.93. The summed E-state index contributed by atoms with van der Waals surface area (Å²) >= 11 is 0. The number of hydrogen-bond acceptors (Lipinski definition) is 5. The van der Waals surface area contributed by atoms with Crippen molar-refractivity contribution in [2.75, 3.05) is 31.5 Å². The number of aryl methyl sites for hydroxylation is 1. The lowest BCUT2D eigenvalue weighted by Gasteiger charge is -2.25. The number of primary amides is 1. The van der Waals surface area contributed by atoms with Gasteiger partial charge in [-0.15, -0.1) is 0 Å². The van der Waals surface area contributed by atoms with E-state index in [0.29, 0.717) is 18.7 Å². The molecule has 2 aromatic rings. The van der Waals surface area contributed by atoms with Crippen molar-refractivity contribution in [1.82, 2.24) is 15.1 Å². The number of furan rings is 1. The lowest BCUT2D eigenvalue weighted by Crippen LogP contribution is -2.46. The predicted octanol–water partition coefficient (Wildman–Crippen LogP) is 2.18. The molecule has 2 saturated heterocycles. The molecule has 3 heterocycles. The first-order valence-electron chi connectivity index (χ1n) is 11.4. The fraction of sp³-hybridized carbons (Fsp3) is 0.478. The number of guanidine groups is 1. The van der Waals surface area contributed by atoms with E-state index in [1.807, 2.05) is 30.0 Å². The van der Waals surface area contributed by atoms with Crippen LogP contribution < -0.4 is 16.4 Å². The van der Waals surface area contributed by atoms with Gasteiger partial charge in [0.2, 0.25) is 17.8 Å². The molecule has 0 bridgehead atoms. The first-order chi connectivity index (χ1) is 15.9. The van der Waals surface area contributed by atoms with Gasteiger partial charge in [-0.05, 0) is 63.3 Å². The third-order valence-electron chi connectivity index (χ3n) is 5.97. The third kappa shape index (κ3) is 5.63. The van der Waals surface area contributed by atoms with Crippen LogP contribution in [0, 0.1) is 6.92 Å². The van der Waals surface area contributed by atoms with Crippen molar-refractivity contribution < 1.29 is 18.8 Å². The van der Waals surface area contributed by atoms with E-state index in [1.54, 1.807) is 11.0 Å². The average Bonchev–Trinajstić information content (AvgIpc) is 3.39. The number of hydrogen-bond donors (Lipinski definition) is 3. The van der Waals surface area contributed by atoms with E-state index >= 15 is 0 Å². The number of amides is 4. The minimum absolute atomic E-state index is 0.0252. The van der Waals surface area contributed by atoms with Gasteiger partial charge >= 0.3 is 6.03 Å². The fourth-order valence-corrected chi connectivity index (χ4v) is 4.35. The molecule has 2 fully saturated rings. The molecule has 2 aliphatic rings. The molecule has 10 nitrogen and oxygen atoms in total. The SMILES string of the molecule is Cc1cc2cc(NC(=N[C@H]3CCCCN(CC(=O)N4CCCC4)C3=O)NC(N)=O)ccc2o1. The number of nitrogens with two attached hydrogens (primary N) is 1. The quantitative estimate of drug-likeness (QED) is 0.481. The van der Waals surface area contributed by atoms with Crippen LogP contribution in [0.2, 0.25) is 0 Å². The van der Waals surface area contributed by atoms with Crippen LogP contribution in [0.4, 0.5) is 10.5 Å². The molecule has 0 unspecified atom stereocenters. The highest BCUT2D eigenvalue weighted by molar-refractivity contribution is 6.05. The monoisotopic (exact) mass is 454 g/mol. The van der Waals surface area contributed by atoms with Crippen molar-refractivity contribution >= 4 is 40.5 Å². The molecule has 0 radical (unpaired) electrons. The largest absolute Gasteiger partial charge is 0.461 e. The summed E-state index contributed by atoms with van der Waals surface area (Å²) in [6.45, 7) is 3.95. The summed E-state index contributed by atoms with van der Waals surface area (Å²) in [6.07, 6.45) is 4.12. The van der Waals surface area contributed by atoms with E-state index in [2.05, 4.69) is 15.6 Å². The Kier molecular flexibility index (Phi) is 6.81. The highest BCUT2D eigenvalue weighted by atomic mass is 16.3. The van der Waals surface area contributed by atoms with E-state index in [0.717, 1.165) is 55.5 Å². The van der Waals surface area contributed by atoms with Crippen molar-refractivity contribution in [3.8, 4) is 0 Å². The number of carbonyl (C=O) groups excluding carboxylic acids is 3. The Morgan fingerprint density at radius 1 is 1.15 bits per heavy atom. The number of nitrogens with one attached hydrogen (secondary N) is 2. The van der Waals surface area contributed by atoms with Crippen molar-refractivity contribution in [2.24, 2.45) is 10.7 Å². The van der Waals surface area contributed by atoms with Gasteiger partial charge < -0.3 is 25.3 Å². The number of likely N-dealkylation sites (tertiary alicyclic amines) is 2. The number of rotatable bonds is 4. The summed E-state index contributed by atoms with van der Waals surface area (Å²) in [7, 11) is 0. The molecule has 4 N–H and O–H groups in total. The first-order valence-corrected chi connectivity index (χ1v) is 11.4. The number of carbonyl (C=O) groups is 3. The number of aliphatic imine (C=N–C) groups is 1. The number of fused-ring (bicyclic) bond motifs is 1. The summed E-state index contributed by atoms with van der Waals surface area (Å²) in [5.74, 6) is 0.640. The van der Waals surface area contributed by atoms with Crippen molar-refractivity contribution in [3.63, 3.8) is 0 Å². The minimum Gasteiger partial charge on any atom is -0.461 e. The summed E-state index contributed by atoms with van der Waals surface area (Å²) in [6, 6.07) is 5.87. The molecule has 10 heteroatoms. The Bertz CT molecular complexity index is 1070. The van der Waals surface area contributed by atoms with E-state index in [9.17, 15) is 14.4 Å². The first kappa shape index (κ1) is 22.6. The smallest absolute Gasteiger partial charge is 0.318 e. The number of nitrogens with zero attached hydrogens (tertiary/aromatic N) is 3. The van der Waals surface area contributed by atoms with E-state index < -0.39 is 12.1 Å². The molecule has 0 saturated carbocycles. The van der Waals surface area contributed by atoms with Gasteiger partial charge in [0.15, 0.2) is 0 Å². The van der Waals surface area contributed by atoms with Gasteiger partial charge in [-0.25, -0.2) is 9.79 Å². The van der Waals surface area contributed by atoms with E-state index in [1.165, 1.54) is 0 Å². The highest BCUT2D eigenvalue weighted by Gasteiger charge is 2.30. The minimum atomic E-state index is -0.788. The van der Waals surface area contributed by atoms with Crippen molar-refractivity contribution in [1.29, 1.82) is 0 Å². The second-order valence-corrected chi connectivity index (χ2v) is 8.56. The van der Waals surface area contributed by atoms with Crippen LogP contribution in [0.3, 0.4) is 0 Å². The van der Waals surface area contributed by atoms with E-state index in [4.69, 9.17) is 10.2 Å². The lowest BCUT2D eigenvalue weighted by molar-refractivity contribution is -0.140. The van der Waals surface area contributed by atoms with Gasteiger partial charge in [-0.1, -0.05) is 0 Å². The Hall–Kier alpha value is -3.56. The van der Waals surface area contributed by atoms with Gasteiger partial charge in [0.05, 0.1) is 6.54 Å². The highest BCUT2D eigenvalue weighted by Crippen LogP contribution is 2.23. The van der Waals surface area contributed by atoms with Crippen LogP contribution in [-0.4, -0.2) is 65.8 Å². The van der Waals surface area contributed by atoms with Crippen LogP contribution in [0.5, 0.6) is 0 Å². The average molecular weight is 455 g/mol. The summed E-state index contributed by atoms with van der Waals surface area (Å²) in [5, 5.41) is 6.43. The van der Waals surface area contributed by atoms with Crippen LogP contribution in [-0.2, 0) is 9.59 Å².